The second kappa shape index (κ2) is 26.9. The maximum absolute atomic E-state index is 12.3. The van der Waals surface area contributed by atoms with Gasteiger partial charge in [-0.25, -0.2) is 0 Å². The highest BCUT2D eigenvalue weighted by molar-refractivity contribution is 5.95. The molecule has 45 heavy (non-hydrogen) atoms. The number of carbonyl (C=O) groups is 3. The zero-order valence-electron chi connectivity index (χ0n) is 28.6. The van der Waals surface area contributed by atoms with Gasteiger partial charge in [-0.1, -0.05) is 128 Å². The molecule has 2 N–H and O–H groups in total. The number of rotatable bonds is 28. The van der Waals surface area contributed by atoms with Crippen LogP contribution in [-0.2, 0) is 23.9 Å². The number of ketones is 1. The fourth-order valence-corrected chi connectivity index (χ4v) is 5.49. The molecule has 0 heterocycles. The van der Waals surface area contributed by atoms with Gasteiger partial charge in [0.1, 0.15) is 6.61 Å². The van der Waals surface area contributed by atoms with Crippen molar-refractivity contribution in [2.24, 2.45) is 17.8 Å². The fraction of sp³-hybridized carbons (Fsp3) is 0.763. The number of aliphatic hydroxyl groups is 2. The van der Waals surface area contributed by atoms with E-state index in [4.69, 9.17) is 9.47 Å². The summed E-state index contributed by atoms with van der Waals surface area (Å²) in [5, 5.41) is 19.7. The van der Waals surface area contributed by atoms with Crippen molar-refractivity contribution >= 4 is 17.7 Å². The molecule has 0 radical (unpaired) electrons. The van der Waals surface area contributed by atoms with Crippen molar-refractivity contribution in [3.05, 3.63) is 36.5 Å². The van der Waals surface area contributed by atoms with E-state index in [1.807, 2.05) is 24.3 Å². The van der Waals surface area contributed by atoms with Crippen molar-refractivity contribution in [1.82, 2.24) is 0 Å². The highest BCUT2D eigenvalue weighted by atomic mass is 16.6. The molecule has 0 unspecified atom stereocenters. The first kappa shape index (κ1) is 40.8. The SMILES string of the molecule is CCCCC[C@H](O)/C=C/[C@H]1C(=O)C=C[C@@H]1C/C=C\CCCC(=O)OC[C@H](CO)OC(=O)CCCCCCCCCCCC(C)C. The maximum Gasteiger partial charge on any atom is 0.306 e. The third kappa shape index (κ3) is 22.0. The monoisotopic (exact) mass is 632 g/mol. The Labute approximate surface area is 273 Å². The molecule has 0 saturated carbocycles. The zero-order valence-corrected chi connectivity index (χ0v) is 28.6. The van der Waals surface area contributed by atoms with Gasteiger partial charge < -0.3 is 19.7 Å². The van der Waals surface area contributed by atoms with E-state index in [0.29, 0.717) is 19.3 Å². The van der Waals surface area contributed by atoms with Crippen molar-refractivity contribution in [1.29, 1.82) is 0 Å². The lowest BCUT2D eigenvalue weighted by Crippen LogP contribution is -2.28. The van der Waals surface area contributed by atoms with Crippen LogP contribution in [0.25, 0.3) is 0 Å². The summed E-state index contributed by atoms with van der Waals surface area (Å²) in [7, 11) is 0. The molecule has 7 nitrogen and oxygen atoms in total. The summed E-state index contributed by atoms with van der Waals surface area (Å²) in [6, 6.07) is 0. The number of ether oxygens (including phenoxy) is 2. The smallest absolute Gasteiger partial charge is 0.306 e. The molecular formula is C38H64O7. The predicted molar refractivity (Wildman–Crippen MR) is 182 cm³/mol. The Morgan fingerprint density at radius 2 is 1.51 bits per heavy atom. The summed E-state index contributed by atoms with van der Waals surface area (Å²) >= 11 is 0. The number of unbranched alkanes of at least 4 members (excludes halogenated alkanes) is 11. The standard InChI is InChI=1S/C38H64O7/c1-4-5-15-22-33(40)26-27-35-32(25-28-36(35)41)21-17-13-14-18-23-37(42)44-30-34(29-39)45-38(43)24-19-12-10-8-6-7-9-11-16-20-31(2)3/h13,17,25-28,31-35,39-40H,4-12,14-16,18-24,29-30H2,1-3H3/b17-13-,27-26+/t32-,33-,34-,35+/m0/s1. The van der Waals surface area contributed by atoms with Crippen LogP contribution in [0, 0.1) is 17.8 Å². The van der Waals surface area contributed by atoms with Gasteiger partial charge in [0.2, 0.25) is 0 Å². The van der Waals surface area contributed by atoms with E-state index >= 15 is 0 Å². The first-order valence-corrected chi connectivity index (χ1v) is 18.0. The molecule has 0 bridgehead atoms. The van der Waals surface area contributed by atoms with E-state index in [1.165, 1.54) is 44.9 Å². The minimum absolute atomic E-state index is 0.0730. The van der Waals surface area contributed by atoms with Crippen LogP contribution in [0.3, 0.4) is 0 Å². The van der Waals surface area contributed by atoms with E-state index in [1.54, 1.807) is 12.2 Å². The van der Waals surface area contributed by atoms with E-state index in [2.05, 4.69) is 20.8 Å². The normalized spacial score (nSPS) is 18.0. The molecular weight excluding hydrogens is 568 g/mol. The van der Waals surface area contributed by atoms with Gasteiger partial charge >= 0.3 is 11.9 Å². The highest BCUT2D eigenvalue weighted by Gasteiger charge is 2.27. The number of allylic oxidation sites excluding steroid dienone is 5. The molecule has 0 amide bonds. The van der Waals surface area contributed by atoms with Crippen molar-refractivity contribution in [3.8, 4) is 0 Å². The summed E-state index contributed by atoms with van der Waals surface area (Å²) in [6.45, 7) is 6.16. The molecule has 258 valence electrons. The molecule has 0 fully saturated rings. The van der Waals surface area contributed by atoms with Gasteiger partial charge in [-0.3, -0.25) is 14.4 Å². The predicted octanol–water partition coefficient (Wildman–Crippen LogP) is 8.37. The summed E-state index contributed by atoms with van der Waals surface area (Å²) in [5.41, 5.74) is 0. The van der Waals surface area contributed by atoms with Gasteiger partial charge in [0.25, 0.3) is 0 Å². The molecule has 0 aromatic carbocycles. The molecule has 0 saturated heterocycles. The summed E-state index contributed by atoms with van der Waals surface area (Å²) in [6.07, 6.45) is 28.3. The van der Waals surface area contributed by atoms with E-state index in [0.717, 1.165) is 57.3 Å². The Morgan fingerprint density at radius 3 is 2.18 bits per heavy atom. The maximum atomic E-state index is 12.3. The molecule has 4 atom stereocenters. The van der Waals surface area contributed by atoms with Gasteiger partial charge in [-0.05, 0) is 50.0 Å². The Balaban J connectivity index is 2.12. The lowest BCUT2D eigenvalue weighted by atomic mass is 9.90. The second-order valence-corrected chi connectivity index (χ2v) is 13.1. The van der Waals surface area contributed by atoms with Crippen LogP contribution in [0.4, 0.5) is 0 Å². The summed E-state index contributed by atoms with van der Waals surface area (Å²) in [4.78, 5) is 36.5. The van der Waals surface area contributed by atoms with Crippen LogP contribution >= 0.6 is 0 Å². The van der Waals surface area contributed by atoms with Crippen LogP contribution in [0.1, 0.15) is 143 Å². The number of esters is 2. The fourth-order valence-electron chi connectivity index (χ4n) is 5.49. The quantitative estimate of drug-likeness (QED) is 0.0507. The minimum Gasteiger partial charge on any atom is -0.462 e. The minimum atomic E-state index is -0.835. The third-order valence-corrected chi connectivity index (χ3v) is 8.36. The number of hydrogen-bond donors (Lipinski definition) is 2. The van der Waals surface area contributed by atoms with Gasteiger partial charge in [-0.2, -0.15) is 0 Å². The highest BCUT2D eigenvalue weighted by Crippen LogP contribution is 2.27. The molecule has 1 rings (SSSR count). The first-order valence-electron chi connectivity index (χ1n) is 18.0. The van der Waals surface area contributed by atoms with Gasteiger partial charge in [0.05, 0.1) is 12.7 Å². The van der Waals surface area contributed by atoms with Crippen molar-refractivity contribution in [2.75, 3.05) is 13.2 Å². The molecule has 1 aliphatic rings. The van der Waals surface area contributed by atoms with Crippen LogP contribution in [0.5, 0.6) is 0 Å². The van der Waals surface area contributed by atoms with Crippen LogP contribution in [-0.4, -0.2) is 53.4 Å². The number of carbonyl (C=O) groups excluding carboxylic acids is 3. The molecule has 1 aliphatic carbocycles. The molecule has 7 heteroatoms. The third-order valence-electron chi connectivity index (χ3n) is 8.36. The summed E-state index contributed by atoms with van der Waals surface area (Å²) < 4.78 is 10.5. The van der Waals surface area contributed by atoms with Crippen LogP contribution in [0.15, 0.2) is 36.5 Å². The van der Waals surface area contributed by atoms with Gasteiger partial charge in [0, 0.05) is 18.8 Å². The number of hydrogen-bond acceptors (Lipinski definition) is 7. The summed E-state index contributed by atoms with van der Waals surface area (Å²) in [5.74, 6) is -0.0267. The van der Waals surface area contributed by atoms with Crippen LogP contribution in [0.2, 0.25) is 0 Å². The average molecular weight is 633 g/mol. The zero-order chi connectivity index (χ0) is 33.1. The Morgan fingerprint density at radius 1 is 0.867 bits per heavy atom. The lowest BCUT2D eigenvalue weighted by molar-refractivity contribution is -0.161. The Bertz CT molecular complexity index is 875. The topological polar surface area (TPSA) is 110 Å². The largest absolute Gasteiger partial charge is 0.462 e. The number of aliphatic hydroxyl groups excluding tert-OH is 2. The Hall–Kier alpha value is -2.25. The van der Waals surface area contributed by atoms with Gasteiger partial charge in [-0.15, -0.1) is 0 Å². The van der Waals surface area contributed by atoms with Gasteiger partial charge in [0.15, 0.2) is 11.9 Å². The van der Waals surface area contributed by atoms with Crippen LogP contribution < -0.4 is 0 Å². The Kier molecular flexibility index (Phi) is 24.4. The second-order valence-electron chi connectivity index (χ2n) is 13.1. The van der Waals surface area contributed by atoms with Crippen molar-refractivity contribution in [2.45, 2.75) is 155 Å². The molecule has 0 aliphatic heterocycles. The van der Waals surface area contributed by atoms with Crippen molar-refractivity contribution < 1.29 is 34.1 Å². The van der Waals surface area contributed by atoms with E-state index in [-0.39, 0.29) is 49.2 Å². The average Bonchev–Trinajstić information content (AvgIpc) is 3.37. The molecule has 0 aromatic rings. The molecule has 0 spiro atoms. The van der Waals surface area contributed by atoms with E-state index < -0.39 is 12.2 Å². The van der Waals surface area contributed by atoms with E-state index in [9.17, 15) is 24.6 Å². The molecule has 0 aromatic heterocycles. The van der Waals surface area contributed by atoms with Crippen molar-refractivity contribution in [3.63, 3.8) is 0 Å². The first-order chi connectivity index (χ1) is 21.8. The lowest BCUT2D eigenvalue weighted by Gasteiger charge is -2.15.